The lowest BCUT2D eigenvalue weighted by molar-refractivity contribution is -0.153. The molecule has 0 N–H and O–H groups in total. The van der Waals surface area contributed by atoms with Crippen molar-refractivity contribution in [3.05, 3.63) is 35.6 Å². The molecule has 1 aromatic rings. The normalized spacial score (nSPS) is 23.1. The van der Waals surface area contributed by atoms with Gasteiger partial charge in [0.2, 0.25) is 0 Å². The van der Waals surface area contributed by atoms with Gasteiger partial charge in [-0.15, -0.1) is 0 Å². The van der Waals surface area contributed by atoms with Gasteiger partial charge in [-0.25, -0.2) is 9.18 Å². The average Bonchev–Trinajstić information content (AvgIpc) is 2.42. The van der Waals surface area contributed by atoms with Crippen LogP contribution in [0.2, 0.25) is 0 Å². The molecule has 0 aromatic heterocycles. The minimum absolute atomic E-state index is 0.0149. The van der Waals surface area contributed by atoms with Crippen LogP contribution in [0.5, 0.6) is 0 Å². The SMILES string of the molecule is CC(=O)[C@H]1C[C@@H](CC(=O)ON=Cc2cccc(F)c2)C1(C)C. The number of oxime groups is 1. The summed E-state index contributed by atoms with van der Waals surface area (Å²) in [6.07, 6.45) is 2.24. The Balaban J connectivity index is 1.83. The van der Waals surface area contributed by atoms with Gasteiger partial charge in [-0.1, -0.05) is 31.1 Å². The van der Waals surface area contributed by atoms with E-state index in [0.29, 0.717) is 12.0 Å². The Morgan fingerprint density at radius 3 is 2.77 bits per heavy atom. The lowest BCUT2D eigenvalue weighted by Crippen LogP contribution is -2.48. The highest BCUT2D eigenvalue weighted by Crippen LogP contribution is 2.53. The molecule has 1 saturated carbocycles. The Hall–Kier alpha value is -2.04. The van der Waals surface area contributed by atoms with Crippen LogP contribution in [0.25, 0.3) is 0 Å². The van der Waals surface area contributed by atoms with Crippen molar-refractivity contribution in [3.63, 3.8) is 0 Å². The topological polar surface area (TPSA) is 55.7 Å². The number of carbonyl (C=O) groups is 2. The van der Waals surface area contributed by atoms with Gasteiger partial charge in [0.05, 0.1) is 12.6 Å². The van der Waals surface area contributed by atoms with Crippen LogP contribution >= 0.6 is 0 Å². The van der Waals surface area contributed by atoms with Crippen molar-refractivity contribution in [2.75, 3.05) is 0 Å². The molecule has 1 fully saturated rings. The lowest BCUT2D eigenvalue weighted by atomic mass is 9.53. The molecule has 1 aliphatic rings. The van der Waals surface area contributed by atoms with Gasteiger partial charge in [0, 0.05) is 5.92 Å². The summed E-state index contributed by atoms with van der Waals surface area (Å²) in [6, 6.07) is 5.83. The van der Waals surface area contributed by atoms with E-state index in [1.165, 1.54) is 18.3 Å². The van der Waals surface area contributed by atoms with Crippen LogP contribution in [0.1, 0.15) is 39.2 Å². The van der Waals surface area contributed by atoms with Crippen LogP contribution in [0.3, 0.4) is 0 Å². The Bertz CT molecular complexity index is 610. The monoisotopic (exact) mass is 305 g/mol. The summed E-state index contributed by atoms with van der Waals surface area (Å²) in [5.74, 6) is -0.507. The number of Topliss-reactive ketones (excluding diaryl/α,β-unsaturated/α-hetero) is 1. The zero-order valence-electron chi connectivity index (χ0n) is 13.0. The van der Waals surface area contributed by atoms with Crippen LogP contribution < -0.4 is 0 Å². The van der Waals surface area contributed by atoms with Gasteiger partial charge in [-0.2, -0.15) is 0 Å². The fraction of sp³-hybridized carbons (Fsp3) is 0.471. The predicted octanol–water partition coefficient (Wildman–Crippen LogP) is 3.34. The maximum absolute atomic E-state index is 13.0. The predicted molar refractivity (Wildman–Crippen MR) is 80.8 cm³/mol. The highest BCUT2D eigenvalue weighted by Gasteiger charge is 2.50. The molecule has 5 heteroatoms. The Kier molecular flexibility index (Phi) is 4.74. The molecule has 0 bridgehead atoms. The zero-order valence-corrected chi connectivity index (χ0v) is 13.0. The molecule has 0 unspecified atom stereocenters. The highest BCUT2D eigenvalue weighted by molar-refractivity contribution is 5.81. The van der Waals surface area contributed by atoms with Gasteiger partial charge in [0.15, 0.2) is 0 Å². The second-order valence-electron chi connectivity index (χ2n) is 6.37. The molecule has 0 amide bonds. The average molecular weight is 305 g/mol. The van der Waals surface area contributed by atoms with E-state index in [9.17, 15) is 14.0 Å². The molecule has 2 atom stereocenters. The first-order valence-corrected chi connectivity index (χ1v) is 7.30. The van der Waals surface area contributed by atoms with Gasteiger partial charge in [-0.05, 0) is 42.4 Å². The van der Waals surface area contributed by atoms with Crippen molar-refractivity contribution in [2.24, 2.45) is 22.4 Å². The van der Waals surface area contributed by atoms with Gasteiger partial charge in [0.25, 0.3) is 0 Å². The van der Waals surface area contributed by atoms with E-state index in [0.717, 1.165) is 0 Å². The lowest BCUT2D eigenvalue weighted by Gasteiger charge is -2.50. The zero-order chi connectivity index (χ0) is 16.3. The quantitative estimate of drug-likeness (QED) is 0.476. The fourth-order valence-electron chi connectivity index (χ4n) is 3.02. The summed E-state index contributed by atoms with van der Waals surface area (Å²) < 4.78 is 13.0. The smallest absolute Gasteiger partial charge is 0.318 e. The van der Waals surface area contributed by atoms with Gasteiger partial charge >= 0.3 is 5.97 Å². The van der Waals surface area contributed by atoms with E-state index >= 15 is 0 Å². The first-order chi connectivity index (χ1) is 10.3. The number of nitrogens with zero attached hydrogens (tertiary/aromatic N) is 1. The molecule has 1 aliphatic carbocycles. The molecule has 0 heterocycles. The van der Waals surface area contributed by atoms with E-state index in [2.05, 4.69) is 5.16 Å². The first-order valence-electron chi connectivity index (χ1n) is 7.30. The largest absolute Gasteiger partial charge is 0.335 e. The van der Waals surface area contributed by atoms with Gasteiger partial charge in [-0.3, -0.25) is 4.79 Å². The third kappa shape index (κ3) is 3.59. The molecular weight excluding hydrogens is 285 g/mol. The number of ketones is 1. The Labute approximate surface area is 129 Å². The summed E-state index contributed by atoms with van der Waals surface area (Å²) >= 11 is 0. The third-order valence-corrected chi connectivity index (χ3v) is 4.58. The molecule has 0 radical (unpaired) electrons. The third-order valence-electron chi connectivity index (χ3n) is 4.58. The van der Waals surface area contributed by atoms with Gasteiger partial charge < -0.3 is 4.84 Å². The second-order valence-corrected chi connectivity index (χ2v) is 6.37. The summed E-state index contributed by atoms with van der Waals surface area (Å²) in [5, 5.41) is 3.59. The molecule has 22 heavy (non-hydrogen) atoms. The van der Waals surface area contributed by atoms with Crippen LogP contribution in [0, 0.1) is 23.1 Å². The molecule has 0 saturated heterocycles. The molecule has 1 aromatic carbocycles. The van der Waals surface area contributed by atoms with E-state index in [4.69, 9.17) is 4.84 Å². The molecule has 2 rings (SSSR count). The van der Waals surface area contributed by atoms with Crippen LogP contribution in [0.15, 0.2) is 29.4 Å². The van der Waals surface area contributed by atoms with E-state index in [-0.39, 0.29) is 35.3 Å². The highest BCUT2D eigenvalue weighted by atomic mass is 19.1. The van der Waals surface area contributed by atoms with Crippen molar-refractivity contribution in [1.29, 1.82) is 0 Å². The summed E-state index contributed by atoms with van der Waals surface area (Å²) in [5.41, 5.74) is 0.338. The number of hydrogen-bond acceptors (Lipinski definition) is 4. The standard InChI is InChI=1S/C17H20FNO3/c1-11(20)15-8-13(17(15,2)3)9-16(21)22-19-10-12-5-4-6-14(18)7-12/h4-7,10,13,15H,8-9H2,1-3H3/t13-,15+/m0/s1. The minimum Gasteiger partial charge on any atom is -0.318 e. The van der Waals surface area contributed by atoms with Crippen molar-refractivity contribution in [3.8, 4) is 0 Å². The Morgan fingerprint density at radius 2 is 2.18 bits per heavy atom. The molecule has 0 spiro atoms. The van der Waals surface area contributed by atoms with Crippen molar-refractivity contribution >= 4 is 18.0 Å². The number of carbonyl (C=O) groups excluding carboxylic acids is 2. The van der Waals surface area contributed by atoms with Crippen LogP contribution in [-0.4, -0.2) is 18.0 Å². The van der Waals surface area contributed by atoms with Crippen molar-refractivity contribution < 1.29 is 18.8 Å². The van der Waals surface area contributed by atoms with E-state index in [1.807, 2.05) is 13.8 Å². The number of hydrogen-bond donors (Lipinski definition) is 0. The fourth-order valence-corrected chi connectivity index (χ4v) is 3.02. The first kappa shape index (κ1) is 16.3. The maximum Gasteiger partial charge on any atom is 0.335 e. The summed E-state index contributed by atoms with van der Waals surface area (Å²) in [6.45, 7) is 5.58. The molecule has 118 valence electrons. The second kappa shape index (κ2) is 6.38. The van der Waals surface area contributed by atoms with Crippen molar-refractivity contribution in [1.82, 2.24) is 0 Å². The number of halogens is 1. The van der Waals surface area contributed by atoms with Crippen LogP contribution in [-0.2, 0) is 14.4 Å². The van der Waals surface area contributed by atoms with Crippen molar-refractivity contribution in [2.45, 2.75) is 33.6 Å². The summed E-state index contributed by atoms with van der Waals surface area (Å²) in [4.78, 5) is 28.0. The molecule has 4 nitrogen and oxygen atoms in total. The maximum atomic E-state index is 13.0. The van der Waals surface area contributed by atoms with Gasteiger partial charge in [0.1, 0.15) is 11.6 Å². The van der Waals surface area contributed by atoms with Crippen LogP contribution in [0.4, 0.5) is 4.39 Å². The van der Waals surface area contributed by atoms with E-state index in [1.54, 1.807) is 19.1 Å². The Morgan fingerprint density at radius 1 is 1.45 bits per heavy atom. The minimum atomic E-state index is -0.437. The number of rotatable bonds is 5. The molecule has 0 aliphatic heterocycles. The number of benzene rings is 1. The van der Waals surface area contributed by atoms with E-state index < -0.39 is 5.97 Å². The molecular formula is C17H20FNO3. The summed E-state index contributed by atoms with van der Waals surface area (Å²) in [7, 11) is 0.